The Morgan fingerprint density at radius 2 is 1.71 bits per heavy atom. The van der Waals surface area contributed by atoms with Crippen LogP contribution in [0.3, 0.4) is 0 Å². The summed E-state index contributed by atoms with van der Waals surface area (Å²) in [6.45, 7) is 0. The molecule has 0 unspecified atom stereocenters. The van der Waals surface area contributed by atoms with Crippen LogP contribution in [0.2, 0.25) is 0 Å². The molecule has 7 heteroatoms. The molecule has 0 atom stereocenters. The minimum atomic E-state index is -4.92. The Morgan fingerprint density at radius 3 is 2.18 bits per heavy atom. The van der Waals surface area contributed by atoms with Gasteiger partial charge in [0.05, 0.1) is 12.4 Å². The fourth-order valence-electron chi connectivity index (χ4n) is 1.06. The molecule has 0 amide bonds. The number of hydrogen-bond acceptors (Lipinski definition) is 4. The predicted octanol–water partition coefficient (Wildman–Crippen LogP) is 0.363. The van der Waals surface area contributed by atoms with Crippen molar-refractivity contribution in [3.05, 3.63) is 55.0 Å². The molecule has 0 aromatic carbocycles. The van der Waals surface area contributed by atoms with Gasteiger partial charge in [-0.05, 0) is 23.2 Å². The maximum absolute atomic E-state index is 8.63. The molecular weight excluding hydrogens is 244 g/mol. The van der Waals surface area contributed by atoms with Gasteiger partial charge in [-0.2, -0.15) is 0 Å². The van der Waals surface area contributed by atoms with Crippen molar-refractivity contribution in [1.82, 2.24) is 4.98 Å². The van der Waals surface area contributed by atoms with Crippen LogP contribution in [0.4, 0.5) is 0 Å². The molecule has 0 aliphatic rings. The highest BCUT2D eigenvalue weighted by Gasteiger charge is 2.01. The number of aromatic nitrogens is 2. The molecule has 0 aliphatic heterocycles. The Labute approximate surface area is 98.8 Å². The van der Waals surface area contributed by atoms with Gasteiger partial charge in [0, 0.05) is 6.07 Å². The Balaban J connectivity index is 0.000000249. The van der Waals surface area contributed by atoms with Gasteiger partial charge in [-0.1, -0.05) is 12.1 Å². The molecule has 0 bridgehead atoms. The molecule has 0 saturated carbocycles. The van der Waals surface area contributed by atoms with Crippen LogP contribution in [0.25, 0.3) is 5.82 Å². The number of hydrogen-bond donors (Lipinski definition) is 1. The van der Waals surface area contributed by atoms with Gasteiger partial charge < -0.3 is 4.55 Å². The van der Waals surface area contributed by atoms with Gasteiger partial charge in [-0.25, -0.2) is 13.0 Å². The maximum Gasteiger partial charge on any atom is 0.327 e. The lowest BCUT2D eigenvalue weighted by molar-refractivity contribution is -0.599. The van der Waals surface area contributed by atoms with E-state index < -0.39 is 10.4 Å². The minimum Gasteiger partial charge on any atom is -0.726 e. The highest BCUT2D eigenvalue weighted by molar-refractivity contribution is 7.79. The molecule has 2 aromatic rings. The van der Waals surface area contributed by atoms with E-state index in [4.69, 9.17) is 17.5 Å². The molecule has 2 aromatic heterocycles. The summed E-state index contributed by atoms with van der Waals surface area (Å²) < 4.78 is 34.8. The largest absolute Gasteiger partial charge is 0.726 e. The van der Waals surface area contributed by atoms with E-state index in [-0.39, 0.29) is 0 Å². The molecular formula is C10H10N2O4S. The normalized spacial score (nSPS) is 10.2. The monoisotopic (exact) mass is 254 g/mol. The van der Waals surface area contributed by atoms with Crippen molar-refractivity contribution in [1.29, 1.82) is 0 Å². The summed E-state index contributed by atoms with van der Waals surface area (Å²) >= 11 is 0. The standard InChI is InChI=1S/C10H9N2.H2O4S/c1-4-8-12(9-5-1)10-6-2-3-7-11-10;1-5(2,3)4/h1-9H;(H2,1,2,3,4)/q+1;/p-1. The summed E-state index contributed by atoms with van der Waals surface area (Å²) in [4.78, 5) is 4.21. The molecule has 1 N–H and O–H groups in total. The molecule has 0 fully saturated rings. The molecule has 2 rings (SSSR count). The van der Waals surface area contributed by atoms with Crippen LogP contribution in [0.5, 0.6) is 0 Å². The van der Waals surface area contributed by atoms with Gasteiger partial charge in [0.1, 0.15) is 6.20 Å². The summed E-state index contributed by atoms with van der Waals surface area (Å²) in [5.74, 6) is 0.943. The Morgan fingerprint density at radius 1 is 1.12 bits per heavy atom. The van der Waals surface area contributed by atoms with Gasteiger partial charge in [0.25, 0.3) is 0 Å². The topological polar surface area (TPSA) is 94.2 Å². The minimum absolute atomic E-state index is 0.943. The number of nitrogens with zero attached hydrogens (tertiary/aromatic N) is 2. The van der Waals surface area contributed by atoms with E-state index in [1.165, 1.54) is 0 Å². The molecule has 6 nitrogen and oxygen atoms in total. The first-order valence-electron chi connectivity index (χ1n) is 4.53. The first kappa shape index (κ1) is 13.2. The van der Waals surface area contributed by atoms with E-state index in [1.807, 2.05) is 53.4 Å². The van der Waals surface area contributed by atoms with Crippen molar-refractivity contribution < 1.29 is 22.1 Å². The van der Waals surface area contributed by atoms with Crippen molar-refractivity contribution in [3.63, 3.8) is 0 Å². The van der Waals surface area contributed by atoms with Crippen LogP contribution < -0.4 is 4.57 Å². The number of pyridine rings is 2. The van der Waals surface area contributed by atoms with Crippen LogP contribution in [0, 0.1) is 0 Å². The van der Waals surface area contributed by atoms with Gasteiger partial charge in [-0.3, -0.25) is 4.55 Å². The third-order valence-electron chi connectivity index (χ3n) is 1.63. The first-order valence-corrected chi connectivity index (χ1v) is 5.89. The van der Waals surface area contributed by atoms with Crippen molar-refractivity contribution in [2.45, 2.75) is 0 Å². The van der Waals surface area contributed by atoms with Gasteiger partial charge >= 0.3 is 5.82 Å². The second-order valence-corrected chi connectivity index (χ2v) is 3.75. The summed E-state index contributed by atoms with van der Waals surface area (Å²) in [5.41, 5.74) is 0. The summed E-state index contributed by atoms with van der Waals surface area (Å²) in [6, 6.07) is 11.8. The average Bonchev–Trinajstić information content (AvgIpc) is 2.29. The molecule has 17 heavy (non-hydrogen) atoms. The zero-order chi connectivity index (χ0) is 12.7. The fourth-order valence-corrected chi connectivity index (χ4v) is 1.06. The zero-order valence-electron chi connectivity index (χ0n) is 8.67. The third kappa shape index (κ3) is 6.36. The lowest BCUT2D eigenvalue weighted by Gasteiger charge is -1.91. The predicted molar refractivity (Wildman–Crippen MR) is 58.1 cm³/mol. The third-order valence-corrected chi connectivity index (χ3v) is 1.63. The second-order valence-electron chi connectivity index (χ2n) is 2.90. The summed E-state index contributed by atoms with van der Waals surface area (Å²) in [5, 5.41) is 0. The van der Waals surface area contributed by atoms with Crippen molar-refractivity contribution >= 4 is 10.4 Å². The quantitative estimate of drug-likeness (QED) is 0.450. The lowest BCUT2D eigenvalue weighted by atomic mass is 10.4. The van der Waals surface area contributed by atoms with E-state index in [9.17, 15) is 0 Å². The molecule has 90 valence electrons. The van der Waals surface area contributed by atoms with Crippen LogP contribution in [-0.4, -0.2) is 22.5 Å². The van der Waals surface area contributed by atoms with Crippen LogP contribution >= 0.6 is 0 Å². The summed E-state index contributed by atoms with van der Waals surface area (Å²) in [6.07, 6.45) is 5.74. The van der Waals surface area contributed by atoms with E-state index in [0.29, 0.717) is 0 Å². The smallest absolute Gasteiger partial charge is 0.327 e. The molecule has 0 radical (unpaired) electrons. The van der Waals surface area contributed by atoms with Crippen molar-refractivity contribution in [2.75, 3.05) is 0 Å². The van der Waals surface area contributed by atoms with E-state index in [0.717, 1.165) is 5.82 Å². The number of rotatable bonds is 1. The van der Waals surface area contributed by atoms with Crippen molar-refractivity contribution in [3.8, 4) is 5.82 Å². The SMILES string of the molecule is O=S(=O)([O-])O.c1cc[n+](-c2ccccn2)cc1. The van der Waals surface area contributed by atoms with E-state index in [1.54, 1.807) is 6.20 Å². The first-order chi connectivity index (χ1) is 7.97. The van der Waals surface area contributed by atoms with Gasteiger partial charge in [-0.15, -0.1) is 0 Å². The highest BCUT2D eigenvalue weighted by Crippen LogP contribution is 1.91. The van der Waals surface area contributed by atoms with Crippen LogP contribution in [0.15, 0.2) is 55.0 Å². The molecule has 0 saturated heterocycles. The summed E-state index contributed by atoms with van der Waals surface area (Å²) in [7, 11) is -4.92. The Kier molecular flexibility index (Phi) is 4.70. The Hall–Kier alpha value is -1.83. The fraction of sp³-hybridized carbons (Fsp3) is 0. The molecule has 0 spiro atoms. The Bertz CT molecular complexity index is 498. The second kappa shape index (κ2) is 6.04. The van der Waals surface area contributed by atoms with E-state index >= 15 is 0 Å². The lowest BCUT2D eigenvalue weighted by Crippen LogP contribution is -2.29. The van der Waals surface area contributed by atoms with E-state index in [2.05, 4.69) is 4.98 Å². The van der Waals surface area contributed by atoms with Crippen molar-refractivity contribution in [2.24, 2.45) is 0 Å². The highest BCUT2D eigenvalue weighted by atomic mass is 32.3. The maximum atomic E-state index is 8.63. The van der Waals surface area contributed by atoms with Crippen LogP contribution in [0.1, 0.15) is 0 Å². The van der Waals surface area contributed by atoms with Gasteiger partial charge in [0.2, 0.25) is 10.4 Å². The molecule has 0 aliphatic carbocycles. The molecule has 2 heterocycles. The van der Waals surface area contributed by atoms with Crippen LogP contribution in [-0.2, 0) is 10.4 Å². The van der Waals surface area contributed by atoms with Gasteiger partial charge in [0.15, 0.2) is 0 Å². The zero-order valence-corrected chi connectivity index (χ0v) is 9.49. The average molecular weight is 254 g/mol.